The van der Waals surface area contributed by atoms with E-state index in [9.17, 15) is 4.39 Å². The van der Waals surface area contributed by atoms with Crippen molar-refractivity contribution in [1.82, 2.24) is 4.90 Å². The predicted molar refractivity (Wildman–Crippen MR) is 87.4 cm³/mol. The van der Waals surface area contributed by atoms with Gasteiger partial charge in [0.2, 0.25) is 0 Å². The van der Waals surface area contributed by atoms with Gasteiger partial charge in [-0.15, -0.1) is 0 Å². The molecule has 1 saturated carbocycles. The molecule has 5 heteroatoms. The van der Waals surface area contributed by atoms with Crippen molar-refractivity contribution in [2.45, 2.75) is 57.7 Å². The van der Waals surface area contributed by atoms with Crippen LogP contribution in [0.3, 0.4) is 0 Å². The van der Waals surface area contributed by atoms with Crippen LogP contribution in [0, 0.1) is 5.82 Å². The van der Waals surface area contributed by atoms with Gasteiger partial charge in [-0.3, -0.25) is 4.90 Å². The highest BCUT2D eigenvalue weighted by Crippen LogP contribution is 2.35. The van der Waals surface area contributed by atoms with Crippen LogP contribution in [0.15, 0.2) is 12.1 Å². The maximum Gasteiger partial charge on any atom is 0.142 e. The number of nitrogens with two attached hydrogens (primary N) is 1. The highest BCUT2D eigenvalue weighted by molar-refractivity contribution is 6.35. The highest BCUT2D eigenvalue weighted by atomic mass is 35.5. The summed E-state index contributed by atoms with van der Waals surface area (Å²) >= 11 is 12.0. The molecule has 1 unspecified atom stereocenters. The molecule has 2 N–H and O–H groups in total. The van der Waals surface area contributed by atoms with E-state index in [-0.39, 0.29) is 11.1 Å². The van der Waals surface area contributed by atoms with Gasteiger partial charge in [0.05, 0.1) is 5.02 Å². The molecule has 1 fully saturated rings. The molecular formula is C16H23Cl2FN2. The van der Waals surface area contributed by atoms with Gasteiger partial charge in [-0.1, -0.05) is 30.1 Å². The molecule has 21 heavy (non-hydrogen) atoms. The van der Waals surface area contributed by atoms with Crippen LogP contribution < -0.4 is 5.73 Å². The molecule has 1 aliphatic rings. The molecule has 118 valence electrons. The Hall–Kier alpha value is -0.350. The number of rotatable bonds is 4. The number of hydrogen-bond acceptors (Lipinski definition) is 2. The summed E-state index contributed by atoms with van der Waals surface area (Å²) in [6.07, 6.45) is 4.28. The molecule has 0 spiro atoms. The van der Waals surface area contributed by atoms with Gasteiger partial charge in [0.1, 0.15) is 5.82 Å². The second-order valence-corrected chi connectivity index (χ2v) is 6.68. The van der Waals surface area contributed by atoms with Gasteiger partial charge in [-0.25, -0.2) is 4.39 Å². The summed E-state index contributed by atoms with van der Waals surface area (Å²) in [6, 6.07) is 3.83. The third-order valence-corrected chi connectivity index (χ3v) is 5.18. The third-order valence-electron chi connectivity index (χ3n) is 4.56. The van der Waals surface area contributed by atoms with Crippen molar-refractivity contribution in [3.05, 3.63) is 33.6 Å². The van der Waals surface area contributed by atoms with E-state index in [1.165, 1.54) is 12.1 Å². The maximum absolute atomic E-state index is 13.8. The van der Waals surface area contributed by atoms with Gasteiger partial charge in [0.15, 0.2) is 0 Å². The first kappa shape index (κ1) is 17.0. The first-order valence-corrected chi connectivity index (χ1v) is 8.35. The summed E-state index contributed by atoms with van der Waals surface area (Å²) in [7, 11) is 0. The van der Waals surface area contributed by atoms with Gasteiger partial charge in [0, 0.05) is 23.1 Å². The molecule has 0 saturated heterocycles. The molecule has 1 aliphatic carbocycles. The fourth-order valence-electron chi connectivity index (χ4n) is 3.32. The van der Waals surface area contributed by atoms with E-state index in [2.05, 4.69) is 18.7 Å². The van der Waals surface area contributed by atoms with Crippen LogP contribution in [-0.2, 0) is 0 Å². The molecule has 1 atom stereocenters. The molecule has 0 heterocycles. The van der Waals surface area contributed by atoms with Gasteiger partial charge in [0.25, 0.3) is 0 Å². The Morgan fingerprint density at radius 1 is 1.24 bits per heavy atom. The normalized spacial score (nSPS) is 24.3. The first-order valence-electron chi connectivity index (χ1n) is 7.59. The minimum atomic E-state index is -0.412. The van der Waals surface area contributed by atoms with Gasteiger partial charge < -0.3 is 5.73 Å². The Bertz CT molecular complexity index is 487. The topological polar surface area (TPSA) is 29.3 Å². The van der Waals surface area contributed by atoms with E-state index in [4.69, 9.17) is 28.9 Å². The molecule has 1 aromatic rings. The van der Waals surface area contributed by atoms with Crippen molar-refractivity contribution in [2.24, 2.45) is 5.73 Å². The van der Waals surface area contributed by atoms with Crippen molar-refractivity contribution in [3.8, 4) is 0 Å². The summed E-state index contributed by atoms with van der Waals surface area (Å²) < 4.78 is 13.8. The first-order chi connectivity index (χ1) is 9.93. The van der Waals surface area contributed by atoms with Crippen LogP contribution in [0.4, 0.5) is 4.39 Å². The lowest BCUT2D eigenvalue weighted by Gasteiger charge is -2.39. The van der Waals surface area contributed by atoms with E-state index >= 15 is 0 Å². The predicted octanol–water partition coefficient (Wildman–Crippen LogP) is 4.79. The Morgan fingerprint density at radius 3 is 2.43 bits per heavy atom. The van der Waals surface area contributed by atoms with Crippen LogP contribution in [0.1, 0.15) is 51.1 Å². The van der Waals surface area contributed by atoms with Crippen molar-refractivity contribution < 1.29 is 4.39 Å². The Labute approximate surface area is 136 Å². The Morgan fingerprint density at radius 2 is 1.86 bits per heavy atom. The summed E-state index contributed by atoms with van der Waals surface area (Å²) in [5.41, 5.74) is 6.78. The molecule has 1 aromatic carbocycles. The molecule has 0 aliphatic heterocycles. The van der Waals surface area contributed by atoms with Crippen molar-refractivity contribution in [1.29, 1.82) is 0 Å². The quantitative estimate of drug-likeness (QED) is 0.803. The second-order valence-electron chi connectivity index (χ2n) is 5.86. The highest BCUT2D eigenvalue weighted by Gasteiger charge is 2.28. The van der Waals surface area contributed by atoms with Crippen molar-refractivity contribution in [2.75, 3.05) is 6.54 Å². The van der Waals surface area contributed by atoms with Crippen LogP contribution >= 0.6 is 23.2 Å². The minimum absolute atomic E-state index is 0.0635. The number of halogens is 3. The average Bonchev–Trinajstić information content (AvgIpc) is 2.45. The second kappa shape index (κ2) is 7.28. The minimum Gasteiger partial charge on any atom is -0.328 e. The fraction of sp³-hybridized carbons (Fsp3) is 0.625. The maximum atomic E-state index is 13.8. The number of nitrogens with zero attached hydrogens (tertiary/aromatic N) is 1. The fourth-order valence-corrected chi connectivity index (χ4v) is 3.86. The number of hydrogen-bond donors (Lipinski definition) is 1. The van der Waals surface area contributed by atoms with Crippen LogP contribution in [0.2, 0.25) is 10.0 Å². The van der Waals surface area contributed by atoms with Crippen LogP contribution in [-0.4, -0.2) is 23.5 Å². The zero-order chi connectivity index (χ0) is 15.6. The molecule has 2 nitrogen and oxygen atoms in total. The molecule has 0 radical (unpaired) electrons. The molecule has 2 rings (SSSR count). The summed E-state index contributed by atoms with van der Waals surface area (Å²) in [5.74, 6) is -0.412. The average molecular weight is 333 g/mol. The summed E-state index contributed by atoms with van der Waals surface area (Å²) in [4.78, 5) is 2.39. The Balaban J connectivity index is 2.20. The lowest BCUT2D eigenvalue weighted by atomic mass is 9.89. The zero-order valence-corrected chi connectivity index (χ0v) is 14.1. The standard InChI is InChI=1S/C16H23Cl2FN2/c1-3-21(12-6-4-11(20)5-7-12)10(2)13-8-16(19)15(18)9-14(13)17/h8-12H,3-7,20H2,1-2H3. The van der Waals surface area contributed by atoms with E-state index in [0.29, 0.717) is 17.1 Å². The van der Waals surface area contributed by atoms with Gasteiger partial charge >= 0.3 is 0 Å². The SMILES string of the molecule is CCN(C1CCC(N)CC1)C(C)c1cc(F)c(Cl)cc1Cl. The van der Waals surface area contributed by atoms with Crippen molar-refractivity contribution in [3.63, 3.8) is 0 Å². The van der Waals surface area contributed by atoms with E-state index in [1.807, 2.05) is 0 Å². The molecule has 0 amide bonds. The molecule has 0 aromatic heterocycles. The summed E-state index contributed by atoms with van der Waals surface area (Å²) in [5, 5.41) is 0.600. The van der Waals surface area contributed by atoms with Crippen molar-refractivity contribution >= 4 is 23.2 Å². The van der Waals surface area contributed by atoms with Gasteiger partial charge in [-0.2, -0.15) is 0 Å². The summed E-state index contributed by atoms with van der Waals surface area (Å²) in [6.45, 7) is 5.11. The lowest BCUT2D eigenvalue weighted by Crippen LogP contribution is -2.42. The number of benzene rings is 1. The largest absolute Gasteiger partial charge is 0.328 e. The monoisotopic (exact) mass is 332 g/mol. The third kappa shape index (κ3) is 3.89. The van der Waals surface area contributed by atoms with Gasteiger partial charge in [-0.05, 0) is 56.8 Å². The smallest absolute Gasteiger partial charge is 0.142 e. The van der Waals surface area contributed by atoms with Crippen LogP contribution in [0.25, 0.3) is 0 Å². The van der Waals surface area contributed by atoms with E-state index in [1.54, 1.807) is 0 Å². The van der Waals surface area contributed by atoms with Crippen LogP contribution in [0.5, 0.6) is 0 Å². The lowest BCUT2D eigenvalue weighted by molar-refractivity contribution is 0.114. The van der Waals surface area contributed by atoms with E-state index in [0.717, 1.165) is 37.8 Å². The molecular weight excluding hydrogens is 310 g/mol. The zero-order valence-electron chi connectivity index (χ0n) is 12.6. The molecule has 0 bridgehead atoms. The van der Waals surface area contributed by atoms with E-state index < -0.39 is 5.82 Å². The Kier molecular flexibility index (Phi) is 5.89.